The SMILES string of the molecule is Cn1nccc1CCNC(=O)CC(c1ccccc1)c1ccccc1F. The van der Waals surface area contributed by atoms with Crippen molar-refractivity contribution in [3.63, 3.8) is 0 Å². The van der Waals surface area contributed by atoms with Gasteiger partial charge in [-0.3, -0.25) is 9.48 Å². The van der Waals surface area contributed by atoms with Crippen molar-refractivity contribution in [3.8, 4) is 0 Å². The molecule has 1 amide bonds. The number of rotatable bonds is 7. The van der Waals surface area contributed by atoms with Crippen molar-refractivity contribution >= 4 is 5.91 Å². The summed E-state index contributed by atoms with van der Waals surface area (Å²) in [5, 5.41) is 7.05. The molecule has 0 spiro atoms. The summed E-state index contributed by atoms with van der Waals surface area (Å²) in [6, 6.07) is 18.2. The van der Waals surface area contributed by atoms with Crippen LogP contribution in [0.1, 0.15) is 29.2 Å². The van der Waals surface area contributed by atoms with Crippen molar-refractivity contribution in [2.75, 3.05) is 6.54 Å². The van der Waals surface area contributed by atoms with Crippen molar-refractivity contribution in [1.29, 1.82) is 0 Å². The number of nitrogens with one attached hydrogen (secondary N) is 1. The lowest BCUT2D eigenvalue weighted by atomic mass is 9.88. The molecule has 4 nitrogen and oxygen atoms in total. The first kappa shape index (κ1) is 17.9. The highest BCUT2D eigenvalue weighted by Crippen LogP contribution is 2.29. The van der Waals surface area contributed by atoms with E-state index in [0.29, 0.717) is 18.5 Å². The van der Waals surface area contributed by atoms with Gasteiger partial charge in [0.05, 0.1) is 0 Å². The lowest BCUT2D eigenvalue weighted by molar-refractivity contribution is -0.121. The Morgan fingerprint density at radius 1 is 1.12 bits per heavy atom. The standard InChI is InChI=1S/C21H22FN3O/c1-25-17(12-14-24-25)11-13-23-21(26)15-19(16-7-3-2-4-8-16)18-9-5-6-10-20(18)22/h2-10,12,14,19H,11,13,15H2,1H3,(H,23,26). The van der Waals surface area contributed by atoms with E-state index >= 15 is 0 Å². The van der Waals surface area contributed by atoms with Crippen LogP contribution >= 0.6 is 0 Å². The maximum absolute atomic E-state index is 14.3. The summed E-state index contributed by atoms with van der Waals surface area (Å²) in [6.45, 7) is 0.525. The molecule has 0 aliphatic carbocycles. The second kappa shape index (κ2) is 8.43. The molecule has 3 rings (SSSR count). The van der Waals surface area contributed by atoms with Crippen LogP contribution in [-0.2, 0) is 18.3 Å². The summed E-state index contributed by atoms with van der Waals surface area (Å²) in [4.78, 5) is 12.5. The molecule has 0 bridgehead atoms. The highest BCUT2D eigenvalue weighted by Gasteiger charge is 2.20. The maximum atomic E-state index is 14.3. The second-order valence-corrected chi connectivity index (χ2v) is 6.24. The molecular weight excluding hydrogens is 329 g/mol. The number of carbonyl (C=O) groups is 1. The minimum atomic E-state index is -0.311. The monoisotopic (exact) mass is 351 g/mol. The first-order valence-electron chi connectivity index (χ1n) is 8.68. The van der Waals surface area contributed by atoms with E-state index in [9.17, 15) is 9.18 Å². The number of carbonyl (C=O) groups excluding carboxylic acids is 1. The summed E-state index contributed by atoms with van der Waals surface area (Å²) >= 11 is 0. The van der Waals surface area contributed by atoms with Crippen molar-refractivity contribution < 1.29 is 9.18 Å². The van der Waals surface area contributed by atoms with Crippen LogP contribution in [-0.4, -0.2) is 22.2 Å². The zero-order valence-corrected chi connectivity index (χ0v) is 14.7. The molecule has 0 aliphatic rings. The van der Waals surface area contributed by atoms with Gasteiger partial charge in [0.2, 0.25) is 5.91 Å². The molecule has 0 saturated carbocycles. The third-order valence-corrected chi connectivity index (χ3v) is 4.50. The summed E-state index contributed by atoms with van der Waals surface area (Å²) in [5.74, 6) is -0.692. The van der Waals surface area contributed by atoms with Gasteiger partial charge in [-0.15, -0.1) is 0 Å². The molecule has 1 atom stereocenters. The minimum Gasteiger partial charge on any atom is -0.356 e. The van der Waals surface area contributed by atoms with E-state index in [1.54, 1.807) is 29.1 Å². The highest BCUT2D eigenvalue weighted by molar-refractivity contribution is 5.77. The lowest BCUT2D eigenvalue weighted by Gasteiger charge is -2.18. The van der Waals surface area contributed by atoms with E-state index in [0.717, 1.165) is 11.3 Å². The third-order valence-electron chi connectivity index (χ3n) is 4.50. The number of hydrogen-bond donors (Lipinski definition) is 1. The van der Waals surface area contributed by atoms with Gasteiger partial charge >= 0.3 is 0 Å². The van der Waals surface area contributed by atoms with Crippen molar-refractivity contribution in [2.24, 2.45) is 7.05 Å². The molecule has 1 heterocycles. The van der Waals surface area contributed by atoms with E-state index in [1.165, 1.54) is 6.07 Å². The number of aryl methyl sites for hydroxylation is 1. The fourth-order valence-electron chi connectivity index (χ4n) is 3.08. The third kappa shape index (κ3) is 4.36. The molecule has 1 aromatic heterocycles. The Balaban J connectivity index is 1.69. The lowest BCUT2D eigenvalue weighted by Crippen LogP contribution is -2.28. The largest absolute Gasteiger partial charge is 0.356 e. The molecule has 0 aliphatic heterocycles. The average Bonchev–Trinajstić information content (AvgIpc) is 3.06. The quantitative estimate of drug-likeness (QED) is 0.709. The van der Waals surface area contributed by atoms with Crippen molar-refractivity contribution in [2.45, 2.75) is 18.8 Å². The van der Waals surface area contributed by atoms with Gasteiger partial charge in [0.1, 0.15) is 5.82 Å². The van der Waals surface area contributed by atoms with E-state index in [-0.39, 0.29) is 24.1 Å². The van der Waals surface area contributed by atoms with Crippen molar-refractivity contribution in [3.05, 3.63) is 89.5 Å². The van der Waals surface area contributed by atoms with Gasteiger partial charge in [-0.25, -0.2) is 4.39 Å². The smallest absolute Gasteiger partial charge is 0.220 e. The summed E-state index contributed by atoms with van der Waals surface area (Å²) in [6.07, 6.45) is 2.65. The molecule has 134 valence electrons. The molecule has 5 heteroatoms. The van der Waals surface area contributed by atoms with Gasteiger partial charge < -0.3 is 5.32 Å². The Morgan fingerprint density at radius 2 is 1.85 bits per heavy atom. The van der Waals surface area contributed by atoms with Crippen LogP contribution in [0.5, 0.6) is 0 Å². The summed E-state index contributed by atoms with van der Waals surface area (Å²) in [7, 11) is 1.88. The predicted molar refractivity (Wildman–Crippen MR) is 99.2 cm³/mol. The number of benzene rings is 2. The van der Waals surface area contributed by atoms with Gasteiger partial charge in [0, 0.05) is 44.2 Å². The molecule has 0 saturated heterocycles. The van der Waals surface area contributed by atoms with Crippen LogP contribution in [0.4, 0.5) is 4.39 Å². The molecule has 0 fully saturated rings. The normalized spacial score (nSPS) is 11.9. The molecular formula is C21H22FN3O. The molecule has 2 aromatic carbocycles. The van der Waals surface area contributed by atoms with E-state index < -0.39 is 0 Å². The number of amides is 1. The van der Waals surface area contributed by atoms with Gasteiger partial charge in [-0.05, 0) is 23.3 Å². The van der Waals surface area contributed by atoms with Crippen LogP contribution < -0.4 is 5.32 Å². The topological polar surface area (TPSA) is 46.9 Å². The van der Waals surface area contributed by atoms with Crippen LogP contribution in [0.15, 0.2) is 66.9 Å². The molecule has 1 N–H and O–H groups in total. The van der Waals surface area contributed by atoms with E-state index in [1.807, 2.05) is 43.4 Å². The molecule has 0 radical (unpaired) electrons. The fraction of sp³-hybridized carbons (Fsp3) is 0.238. The Morgan fingerprint density at radius 3 is 2.54 bits per heavy atom. The maximum Gasteiger partial charge on any atom is 0.220 e. The number of nitrogens with zero attached hydrogens (tertiary/aromatic N) is 2. The van der Waals surface area contributed by atoms with Gasteiger partial charge in [0.25, 0.3) is 0 Å². The first-order chi connectivity index (χ1) is 12.6. The summed E-state index contributed by atoms with van der Waals surface area (Å²) in [5.41, 5.74) is 2.53. The minimum absolute atomic E-state index is 0.0933. The van der Waals surface area contributed by atoms with E-state index in [2.05, 4.69) is 10.4 Å². The Hall–Kier alpha value is -2.95. The van der Waals surface area contributed by atoms with Crippen LogP contribution in [0.3, 0.4) is 0 Å². The van der Waals surface area contributed by atoms with Crippen LogP contribution in [0, 0.1) is 5.82 Å². The Kier molecular flexibility index (Phi) is 5.79. The highest BCUT2D eigenvalue weighted by atomic mass is 19.1. The van der Waals surface area contributed by atoms with Crippen LogP contribution in [0.2, 0.25) is 0 Å². The average molecular weight is 351 g/mol. The second-order valence-electron chi connectivity index (χ2n) is 6.24. The van der Waals surface area contributed by atoms with Crippen LogP contribution in [0.25, 0.3) is 0 Å². The predicted octanol–water partition coefficient (Wildman–Crippen LogP) is 3.44. The van der Waals surface area contributed by atoms with Gasteiger partial charge in [0.15, 0.2) is 0 Å². The Labute approximate surface area is 152 Å². The molecule has 3 aromatic rings. The summed E-state index contributed by atoms with van der Waals surface area (Å²) < 4.78 is 16.1. The van der Waals surface area contributed by atoms with E-state index in [4.69, 9.17) is 0 Å². The number of aromatic nitrogens is 2. The Bertz CT molecular complexity index is 860. The molecule has 26 heavy (non-hydrogen) atoms. The molecule has 1 unspecified atom stereocenters. The first-order valence-corrected chi connectivity index (χ1v) is 8.68. The van der Waals surface area contributed by atoms with Crippen molar-refractivity contribution in [1.82, 2.24) is 15.1 Å². The zero-order valence-electron chi connectivity index (χ0n) is 14.7. The number of halogens is 1. The zero-order chi connectivity index (χ0) is 18.4. The van der Waals surface area contributed by atoms with Gasteiger partial charge in [-0.2, -0.15) is 5.10 Å². The van der Waals surface area contributed by atoms with Gasteiger partial charge in [-0.1, -0.05) is 48.5 Å². The number of hydrogen-bond acceptors (Lipinski definition) is 2. The fourth-order valence-corrected chi connectivity index (χ4v) is 3.08.